The van der Waals surface area contributed by atoms with E-state index in [1.54, 1.807) is 32.3 Å². The number of amides is 2. The van der Waals surface area contributed by atoms with Gasteiger partial charge in [0.1, 0.15) is 5.75 Å². The summed E-state index contributed by atoms with van der Waals surface area (Å²) in [6.07, 6.45) is 0. The van der Waals surface area contributed by atoms with Crippen LogP contribution in [0.15, 0.2) is 29.6 Å². The van der Waals surface area contributed by atoms with Crippen LogP contribution in [0.5, 0.6) is 5.75 Å². The first-order valence-corrected chi connectivity index (χ1v) is 10.5. The van der Waals surface area contributed by atoms with Gasteiger partial charge in [0, 0.05) is 43.0 Å². The summed E-state index contributed by atoms with van der Waals surface area (Å²) >= 11 is 1.62. The van der Waals surface area contributed by atoms with Gasteiger partial charge >= 0.3 is 0 Å². The van der Waals surface area contributed by atoms with Crippen LogP contribution in [0.1, 0.15) is 13.8 Å². The number of nitrogens with zero attached hydrogens (tertiary/aromatic N) is 3. The molecule has 0 spiro atoms. The summed E-state index contributed by atoms with van der Waals surface area (Å²) in [4.78, 5) is 32.6. The van der Waals surface area contributed by atoms with Crippen molar-refractivity contribution in [2.75, 3.05) is 44.7 Å². The number of benzene rings is 1. The number of hydrogen-bond acceptors (Lipinski definition) is 7. The minimum atomic E-state index is -0.206. The molecule has 1 fully saturated rings. The molecule has 0 radical (unpaired) electrons. The number of carbonyl (C=O) groups is 2. The molecule has 1 saturated heterocycles. The highest BCUT2D eigenvalue weighted by Crippen LogP contribution is 2.29. The van der Waals surface area contributed by atoms with Gasteiger partial charge < -0.3 is 9.64 Å². The molecule has 2 N–H and O–H groups in total. The van der Waals surface area contributed by atoms with Crippen LogP contribution < -0.4 is 20.5 Å². The Balaban J connectivity index is 1.49. The first-order valence-electron chi connectivity index (χ1n) is 9.62. The maximum atomic E-state index is 12.0. The number of carbonyl (C=O) groups excluding carboxylic acids is 2. The molecule has 1 aliphatic heterocycles. The lowest BCUT2D eigenvalue weighted by atomic mass is 10.2. The minimum absolute atomic E-state index is 0.168. The van der Waals surface area contributed by atoms with Crippen molar-refractivity contribution in [3.05, 3.63) is 29.6 Å². The predicted octanol–water partition coefficient (Wildman–Crippen LogP) is 1.74. The number of aromatic nitrogens is 1. The number of methoxy groups -OCH3 is 1. The van der Waals surface area contributed by atoms with Crippen molar-refractivity contribution >= 4 is 28.3 Å². The van der Waals surface area contributed by atoms with Crippen LogP contribution in [0.25, 0.3) is 11.3 Å². The first kappa shape index (κ1) is 21.1. The summed E-state index contributed by atoms with van der Waals surface area (Å²) in [5, 5.41) is 3.04. The van der Waals surface area contributed by atoms with Gasteiger partial charge in [-0.1, -0.05) is 26.0 Å². The molecule has 0 unspecified atom stereocenters. The van der Waals surface area contributed by atoms with Gasteiger partial charge in [-0.25, -0.2) is 4.98 Å². The van der Waals surface area contributed by atoms with E-state index in [9.17, 15) is 9.59 Å². The van der Waals surface area contributed by atoms with Crippen LogP contribution in [-0.2, 0) is 9.59 Å². The molecule has 2 aromatic rings. The topological polar surface area (TPSA) is 86.8 Å². The summed E-state index contributed by atoms with van der Waals surface area (Å²) in [5.74, 6) is 0.244. The number of hydrogen-bond donors (Lipinski definition) is 2. The van der Waals surface area contributed by atoms with Crippen molar-refractivity contribution in [1.82, 2.24) is 20.7 Å². The van der Waals surface area contributed by atoms with Crippen molar-refractivity contribution in [2.45, 2.75) is 13.8 Å². The summed E-state index contributed by atoms with van der Waals surface area (Å²) in [5.41, 5.74) is 6.88. The zero-order valence-electron chi connectivity index (χ0n) is 17.0. The van der Waals surface area contributed by atoms with Gasteiger partial charge in [-0.3, -0.25) is 25.3 Å². The van der Waals surface area contributed by atoms with E-state index in [0.29, 0.717) is 0 Å². The van der Waals surface area contributed by atoms with E-state index in [4.69, 9.17) is 9.72 Å². The van der Waals surface area contributed by atoms with E-state index in [0.717, 1.165) is 48.3 Å². The lowest BCUT2D eigenvalue weighted by molar-refractivity contribution is -0.131. The fourth-order valence-corrected chi connectivity index (χ4v) is 3.83. The molecule has 156 valence electrons. The van der Waals surface area contributed by atoms with Crippen LogP contribution in [0.2, 0.25) is 0 Å². The van der Waals surface area contributed by atoms with E-state index < -0.39 is 0 Å². The molecular formula is C20H27N5O3S. The molecule has 3 rings (SSSR count). The smallest absolute Gasteiger partial charge is 0.252 e. The SMILES string of the molecule is COc1cccc(-c2csc(N3CCN(CC(=O)NNC(=O)C(C)C)CC3)n2)c1. The summed E-state index contributed by atoms with van der Waals surface area (Å²) in [6.45, 7) is 6.95. The molecule has 8 nitrogen and oxygen atoms in total. The number of thiazole rings is 1. The molecule has 1 aliphatic rings. The van der Waals surface area contributed by atoms with Gasteiger partial charge in [-0.2, -0.15) is 0 Å². The van der Waals surface area contributed by atoms with Crippen molar-refractivity contribution in [1.29, 1.82) is 0 Å². The Morgan fingerprint density at radius 3 is 2.66 bits per heavy atom. The Morgan fingerprint density at radius 2 is 1.97 bits per heavy atom. The average molecular weight is 418 g/mol. The molecule has 9 heteroatoms. The molecule has 0 saturated carbocycles. The standard InChI is InChI=1S/C20H27N5O3S/c1-14(2)19(27)23-22-18(26)12-24-7-9-25(10-8-24)20-21-17(13-29-20)15-5-4-6-16(11-15)28-3/h4-6,11,13-14H,7-10,12H2,1-3H3,(H,22,26)(H,23,27). The van der Waals surface area contributed by atoms with Crippen LogP contribution in [0.4, 0.5) is 5.13 Å². The fourth-order valence-electron chi connectivity index (χ4n) is 2.94. The predicted molar refractivity (Wildman–Crippen MR) is 114 cm³/mol. The first-order chi connectivity index (χ1) is 14.0. The third kappa shape index (κ3) is 5.68. The quantitative estimate of drug-likeness (QED) is 0.697. The Morgan fingerprint density at radius 1 is 1.21 bits per heavy atom. The van der Waals surface area contributed by atoms with E-state index >= 15 is 0 Å². The molecule has 0 atom stereocenters. The largest absolute Gasteiger partial charge is 0.497 e. The van der Waals surface area contributed by atoms with E-state index in [1.807, 2.05) is 24.3 Å². The number of hydrazine groups is 1. The lowest BCUT2D eigenvalue weighted by Crippen LogP contribution is -2.52. The van der Waals surface area contributed by atoms with E-state index in [2.05, 4.69) is 26.0 Å². The van der Waals surface area contributed by atoms with E-state index in [1.165, 1.54) is 0 Å². The van der Waals surface area contributed by atoms with Gasteiger partial charge in [0.15, 0.2) is 5.13 Å². The molecule has 2 heterocycles. The molecule has 1 aromatic carbocycles. The minimum Gasteiger partial charge on any atom is -0.497 e. The zero-order valence-corrected chi connectivity index (χ0v) is 17.8. The fraction of sp³-hybridized carbons (Fsp3) is 0.450. The van der Waals surface area contributed by atoms with Gasteiger partial charge in [0.25, 0.3) is 5.91 Å². The number of rotatable bonds is 6. The molecule has 0 bridgehead atoms. The number of nitrogens with one attached hydrogen (secondary N) is 2. The van der Waals surface area contributed by atoms with Crippen LogP contribution in [0.3, 0.4) is 0 Å². The second kappa shape index (κ2) is 9.71. The Kier molecular flexibility index (Phi) is 7.05. The Hall–Kier alpha value is -2.65. The highest BCUT2D eigenvalue weighted by molar-refractivity contribution is 7.14. The van der Waals surface area contributed by atoms with E-state index in [-0.39, 0.29) is 24.3 Å². The Bertz CT molecular complexity index is 846. The Labute approximate surface area is 174 Å². The second-order valence-corrected chi connectivity index (χ2v) is 8.04. The monoisotopic (exact) mass is 417 g/mol. The maximum Gasteiger partial charge on any atom is 0.252 e. The van der Waals surface area contributed by atoms with Gasteiger partial charge in [0.2, 0.25) is 5.91 Å². The molecule has 29 heavy (non-hydrogen) atoms. The van der Waals surface area contributed by atoms with Crippen molar-refractivity contribution in [3.8, 4) is 17.0 Å². The highest BCUT2D eigenvalue weighted by Gasteiger charge is 2.21. The third-order valence-corrected chi connectivity index (χ3v) is 5.62. The van der Waals surface area contributed by atoms with Crippen molar-refractivity contribution in [3.63, 3.8) is 0 Å². The molecule has 0 aliphatic carbocycles. The summed E-state index contributed by atoms with van der Waals surface area (Å²) < 4.78 is 5.29. The summed E-state index contributed by atoms with van der Waals surface area (Å²) in [6, 6.07) is 7.88. The summed E-state index contributed by atoms with van der Waals surface area (Å²) in [7, 11) is 1.66. The number of anilines is 1. The molecule has 1 aromatic heterocycles. The van der Waals surface area contributed by atoms with Gasteiger partial charge in [0.05, 0.1) is 19.3 Å². The van der Waals surface area contributed by atoms with Crippen molar-refractivity contribution in [2.24, 2.45) is 5.92 Å². The third-order valence-electron chi connectivity index (χ3n) is 4.72. The molecular weight excluding hydrogens is 390 g/mol. The van der Waals surface area contributed by atoms with Crippen LogP contribution >= 0.6 is 11.3 Å². The van der Waals surface area contributed by atoms with Crippen LogP contribution in [-0.4, -0.2) is 61.5 Å². The second-order valence-electron chi connectivity index (χ2n) is 7.20. The van der Waals surface area contributed by atoms with Gasteiger partial charge in [-0.15, -0.1) is 11.3 Å². The maximum absolute atomic E-state index is 12.0. The highest BCUT2D eigenvalue weighted by atomic mass is 32.1. The van der Waals surface area contributed by atoms with Crippen LogP contribution in [0, 0.1) is 5.92 Å². The lowest BCUT2D eigenvalue weighted by Gasteiger charge is -2.34. The average Bonchev–Trinajstić information content (AvgIpc) is 3.23. The zero-order chi connectivity index (χ0) is 20.8. The number of piperazine rings is 1. The van der Waals surface area contributed by atoms with Crippen molar-refractivity contribution < 1.29 is 14.3 Å². The normalized spacial score (nSPS) is 14.7. The number of ether oxygens (including phenoxy) is 1. The molecule has 2 amide bonds. The van der Waals surface area contributed by atoms with Gasteiger partial charge in [-0.05, 0) is 12.1 Å².